The molecule has 0 saturated carbocycles. The van der Waals surface area contributed by atoms with Crippen molar-refractivity contribution in [3.8, 4) is 0 Å². The van der Waals surface area contributed by atoms with Gasteiger partial charge in [-0.3, -0.25) is 4.79 Å². The molecule has 0 N–H and O–H groups in total. The maximum Gasteiger partial charge on any atom is 0.416 e. The third-order valence-corrected chi connectivity index (χ3v) is 1.98. The van der Waals surface area contributed by atoms with Crippen molar-refractivity contribution in [2.75, 3.05) is 0 Å². The number of amides is 1. The van der Waals surface area contributed by atoms with Crippen molar-refractivity contribution < 1.29 is 18.0 Å². The van der Waals surface area contributed by atoms with E-state index in [1.807, 2.05) is 0 Å². The number of halogens is 3. The van der Waals surface area contributed by atoms with Gasteiger partial charge in [0.2, 0.25) is 5.91 Å². The van der Waals surface area contributed by atoms with Crippen LogP contribution in [-0.2, 0) is 17.4 Å². The SMILES string of the molecule is CC(C)=NC(=O)Cc1ccc(C(F)(F)F)cc1. The zero-order valence-electron chi connectivity index (χ0n) is 9.51. The largest absolute Gasteiger partial charge is 0.416 e. The number of rotatable bonds is 2. The van der Waals surface area contributed by atoms with E-state index in [1.54, 1.807) is 13.8 Å². The lowest BCUT2D eigenvalue weighted by Crippen LogP contribution is -2.06. The molecule has 0 aliphatic rings. The van der Waals surface area contributed by atoms with Crippen LogP contribution in [0.1, 0.15) is 25.0 Å². The maximum absolute atomic E-state index is 12.3. The Labute approximate surface area is 97.2 Å². The van der Waals surface area contributed by atoms with Gasteiger partial charge in [-0.25, -0.2) is 4.99 Å². The quantitative estimate of drug-likeness (QED) is 0.733. The highest BCUT2D eigenvalue weighted by Crippen LogP contribution is 2.29. The van der Waals surface area contributed by atoms with E-state index in [0.29, 0.717) is 11.3 Å². The van der Waals surface area contributed by atoms with Crippen molar-refractivity contribution in [2.45, 2.75) is 26.4 Å². The second kappa shape index (κ2) is 5.12. The molecule has 0 radical (unpaired) electrons. The minimum atomic E-state index is -4.35. The van der Waals surface area contributed by atoms with Gasteiger partial charge < -0.3 is 0 Å². The fourth-order valence-corrected chi connectivity index (χ4v) is 1.28. The number of carbonyl (C=O) groups excluding carboxylic acids is 1. The van der Waals surface area contributed by atoms with Gasteiger partial charge in [-0.05, 0) is 31.5 Å². The summed E-state index contributed by atoms with van der Waals surface area (Å²) in [5, 5.41) is 0. The lowest BCUT2D eigenvalue weighted by Gasteiger charge is -2.06. The number of carbonyl (C=O) groups is 1. The Morgan fingerprint density at radius 2 is 1.71 bits per heavy atom. The van der Waals surface area contributed by atoms with E-state index in [4.69, 9.17) is 0 Å². The molecule has 2 nitrogen and oxygen atoms in total. The molecule has 1 aromatic rings. The van der Waals surface area contributed by atoms with Gasteiger partial charge in [0.05, 0.1) is 12.0 Å². The number of hydrogen-bond donors (Lipinski definition) is 0. The molecule has 92 valence electrons. The molecule has 5 heteroatoms. The minimum Gasteiger partial charge on any atom is -0.272 e. The Bertz CT molecular complexity index is 428. The summed E-state index contributed by atoms with van der Waals surface area (Å²) >= 11 is 0. The number of nitrogens with zero attached hydrogens (tertiary/aromatic N) is 1. The first-order chi connectivity index (χ1) is 7.79. The van der Waals surface area contributed by atoms with Crippen LogP contribution in [0.5, 0.6) is 0 Å². The van der Waals surface area contributed by atoms with Crippen molar-refractivity contribution in [3.05, 3.63) is 35.4 Å². The van der Waals surface area contributed by atoms with Crippen LogP contribution in [0.4, 0.5) is 13.2 Å². The molecule has 1 amide bonds. The zero-order chi connectivity index (χ0) is 13.1. The molecule has 17 heavy (non-hydrogen) atoms. The van der Waals surface area contributed by atoms with E-state index in [9.17, 15) is 18.0 Å². The Morgan fingerprint density at radius 1 is 1.18 bits per heavy atom. The molecule has 0 heterocycles. The van der Waals surface area contributed by atoms with Gasteiger partial charge in [0.15, 0.2) is 0 Å². The van der Waals surface area contributed by atoms with E-state index >= 15 is 0 Å². The predicted octanol–water partition coefficient (Wildman–Crippen LogP) is 3.26. The minimum absolute atomic E-state index is 0.0172. The normalized spacial score (nSPS) is 11.1. The summed E-state index contributed by atoms with van der Waals surface area (Å²) in [5.41, 5.74) is 0.429. The maximum atomic E-state index is 12.3. The molecule has 0 aliphatic heterocycles. The number of alkyl halides is 3. The van der Waals surface area contributed by atoms with Crippen molar-refractivity contribution in [1.29, 1.82) is 0 Å². The third kappa shape index (κ3) is 4.38. The Hall–Kier alpha value is -1.65. The van der Waals surface area contributed by atoms with Gasteiger partial charge in [0.1, 0.15) is 0 Å². The average molecular weight is 243 g/mol. The van der Waals surface area contributed by atoms with Crippen LogP contribution < -0.4 is 0 Å². The zero-order valence-corrected chi connectivity index (χ0v) is 9.51. The van der Waals surface area contributed by atoms with E-state index in [-0.39, 0.29) is 12.3 Å². The topological polar surface area (TPSA) is 29.4 Å². The summed E-state index contributed by atoms with van der Waals surface area (Å²) in [5.74, 6) is -0.357. The summed E-state index contributed by atoms with van der Waals surface area (Å²) in [7, 11) is 0. The summed E-state index contributed by atoms with van der Waals surface area (Å²) in [6.45, 7) is 3.37. The van der Waals surface area contributed by atoms with Gasteiger partial charge >= 0.3 is 6.18 Å². The first-order valence-electron chi connectivity index (χ1n) is 5.00. The molecule has 0 bridgehead atoms. The van der Waals surface area contributed by atoms with Gasteiger partial charge in [-0.15, -0.1) is 0 Å². The van der Waals surface area contributed by atoms with E-state index in [1.165, 1.54) is 12.1 Å². The van der Waals surface area contributed by atoms with Crippen molar-refractivity contribution >= 4 is 11.6 Å². The monoisotopic (exact) mass is 243 g/mol. The molecule has 1 aromatic carbocycles. The first kappa shape index (κ1) is 13.4. The van der Waals surface area contributed by atoms with E-state index in [0.717, 1.165) is 12.1 Å². The van der Waals surface area contributed by atoms with Crippen LogP contribution in [0.15, 0.2) is 29.3 Å². The van der Waals surface area contributed by atoms with Crippen LogP contribution in [-0.4, -0.2) is 11.6 Å². The molecule has 0 spiro atoms. The summed E-state index contributed by atoms with van der Waals surface area (Å²) in [6.07, 6.45) is -4.33. The fourth-order valence-electron chi connectivity index (χ4n) is 1.28. The molecule has 0 aliphatic carbocycles. The standard InChI is InChI=1S/C12H12F3NO/c1-8(2)16-11(17)7-9-3-5-10(6-4-9)12(13,14)15/h3-6H,7H2,1-2H3. The van der Waals surface area contributed by atoms with Crippen molar-refractivity contribution in [1.82, 2.24) is 0 Å². The Kier molecular flexibility index (Phi) is 4.04. The number of aliphatic imine (C=N–C) groups is 1. The third-order valence-electron chi connectivity index (χ3n) is 1.98. The van der Waals surface area contributed by atoms with Gasteiger partial charge in [-0.1, -0.05) is 12.1 Å². The van der Waals surface area contributed by atoms with E-state index in [2.05, 4.69) is 4.99 Å². The molecule has 0 aromatic heterocycles. The van der Waals surface area contributed by atoms with Gasteiger partial charge in [-0.2, -0.15) is 13.2 Å². The predicted molar refractivity (Wildman–Crippen MR) is 58.9 cm³/mol. The van der Waals surface area contributed by atoms with Gasteiger partial charge in [0.25, 0.3) is 0 Å². The highest BCUT2D eigenvalue weighted by molar-refractivity contribution is 5.93. The highest BCUT2D eigenvalue weighted by Gasteiger charge is 2.29. The average Bonchev–Trinajstić information content (AvgIpc) is 2.15. The molecule has 0 atom stereocenters. The molecule has 0 unspecified atom stereocenters. The van der Waals surface area contributed by atoms with Crippen LogP contribution in [0.2, 0.25) is 0 Å². The second-order valence-electron chi connectivity index (χ2n) is 3.82. The fraction of sp³-hybridized carbons (Fsp3) is 0.333. The molecular formula is C12H12F3NO. The van der Waals surface area contributed by atoms with Crippen LogP contribution in [0.25, 0.3) is 0 Å². The van der Waals surface area contributed by atoms with Crippen molar-refractivity contribution in [2.24, 2.45) is 4.99 Å². The lowest BCUT2D eigenvalue weighted by atomic mass is 10.1. The Morgan fingerprint density at radius 3 is 2.12 bits per heavy atom. The van der Waals surface area contributed by atoms with Gasteiger partial charge in [0, 0.05) is 5.71 Å². The molecular weight excluding hydrogens is 231 g/mol. The van der Waals surface area contributed by atoms with Crippen molar-refractivity contribution in [3.63, 3.8) is 0 Å². The highest BCUT2D eigenvalue weighted by atomic mass is 19.4. The summed E-state index contributed by atoms with van der Waals surface area (Å²) < 4.78 is 36.8. The smallest absolute Gasteiger partial charge is 0.272 e. The van der Waals surface area contributed by atoms with E-state index < -0.39 is 11.7 Å². The lowest BCUT2D eigenvalue weighted by molar-refractivity contribution is -0.137. The van der Waals surface area contributed by atoms with Crippen LogP contribution >= 0.6 is 0 Å². The molecule has 0 fully saturated rings. The van der Waals surface area contributed by atoms with Crippen LogP contribution in [0.3, 0.4) is 0 Å². The molecule has 0 saturated heterocycles. The van der Waals surface area contributed by atoms with Crippen LogP contribution in [0, 0.1) is 0 Å². The summed E-state index contributed by atoms with van der Waals surface area (Å²) in [6, 6.07) is 4.51. The second-order valence-corrected chi connectivity index (χ2v) is 3.82. The number of hydrogen-bond acceptors (Lipinski definition) is 1. The number of benzene rings is 1. The first-order valence-corrected chi connectivity index (χ1v) is 5.00. The molecule has 1 rings (SSSR count). The Balaban J connectivity index is 2.76. The summed E-state index contributed by atoms with van der Waals surface area (Å²) in [4.78, 5) is 15.0.